The molecule has 3 aromatic rings. The van der Waals surface area contributed by atoms with Crippen LogP contribution in [0.4, 0.5) is 0 Å². The summed E-state index contributed by atoms with van der Waals surface area (Å²) in [6.07, 6.45) is 5.43. The molecule has 0 heterocycles. The SMILES string of the molecule is COC(=O)[C@@]1(C/C=C/c2cccc3ccccc23)CCc2ccccc2C1=O. The average Bonchev–Trinajstić information content (AvgIpc) is 2.75. The molecule has 0 N–H and O–H groups in total. The fraction of sp³-hybridized carbons (Fsp3) is 0.200. The maximum absolute atomic E-state index is 13.3. The average molecular weight is 370 g/mol. The van der Waals surface area contributed by atoms with Gasteiger partial charge in [-0.15, -0.1) is 0 Å². The van der Waals surface area contributed by atoms with Crippen molar-refractivity contribution in [3.63, 3.8) is 0 Å². The Morgan fingerprint density at radius 3 is 2.64 bits per heavy atom. The number of carbonyl (C=O) groups excluding carboxylic acids is 2. The highest BCUT2D eigenvalue weighted by atomic mass is 16.5. The molecular weight excluding hydrogens is 348 g/mol. The van der Waals surface area contributed by atoms with Gasteiger partial charge in [-0.25, -0.2) is 0 Å². The van der Waals surface area contributed by atoms with Crippen LogP contribution in [0.15, 0.2) is 72.8 Å². The van der Waals surface area contributed by atoms with E-state index in [9.17, 15) is 9.59 Å². The Morgan fingerprint density at radius 2 is 1.79 bits per heavy atom. The Labute approximate surface area is 164 Å². The zero-order chi connectivity index (χ0) is 19.6. The van der Waals surface area contributed by atoms with Crippen LogP contribution in [0.25, 0.3) is 16.8 Å². The zero-order valence-electron chi connectivity index (χ0n) is 15.9. The summed E-state index contributed by atoms with van der Waals surface area (Å²) in [6, 6.07) is 21.8. The Balaban J connectivity index is 1.68. The van der Waals surface area contributed by atoms with E-state index >= 15 is 0 Å². The van der Waals surface area contributed by atoms with Crippen LogP contribution in [-0.4, -0.2) is 18.9 Å². The van der Waals surface area contributed by atoms with Crippen molar-refractivity contribution in [2.24, 2.45) is 5.41 Å². The van der Waals surface area contributed by atoms with Gasteiger partial charge in [-0.1, -0.05) is 78.9 Å². The summed E-state index contributed by atoms with van der Waals surface area (Å²) < 4.78 is 5.06. The molecule has 0 saturated carbocycles. The van der Waals surface area contributed by atoms with Crippen molar-refractivity contribution in [2.75, 3.05) is 7.11 Å². The molecule has 140 valence electrons. The van der Waals surface area contributed by atoms with E-state index < -0.39 is 11.4 Å². The largest absolute Gasteiger partial charge is 0.468 e. The van der Waals surface area contributed by atoms with Crippen LogP contribution >= 0.6 is 0 Å². The van der Waals surface area contributed by atoms with E-state index in [1.54, 1.807) is 0 Å². The smallest absolute Gasteiger partial charge is 0.320 e. The van der Waals surface area contributed by atoms with Crippen molar-refractivity contribution in [2.45, 2.75) is 19.3 Å². The standard InChI is InChI=1S/C25H22O3/c1-28-24(27)25(17-15-20-9-3-5-14-22(20)23(25)26)16-7-12-19-11-6-10-18-8-2-4-13-21(18)19/h2-14H,15-17H2,1H3/b12-7+/t25-/m0/s1. The highest BCUT2D eigenvalue weighted by Gasteiger charge is 2.48. The van der Waals surface area contributed by atoms with Gasteiger partial charge in [0.25, 0.3) is 0 Å². The first kappa shape index (κ1) is 18.2. The molecule has 0 aromatic heterocycles. The van der Waals surface area contributed by atoms with E-state index in [4.69, 9.17) is 4.74 Å². The topological polar surface area (TPSA) is 43.4 Å². The number of benzene rings is 3. The van der Waals surface area contributed by atoms with Crippen LogP contribution in [0.5, 0.6) is 0 Å². The number of methoxy groups -OCH3 is 1. The number of carbonyl (C=O) groups is 2. The second kappa shape index (κ2) is 7.43. The van der Waals surface area contributed by atoms with Gasteiger partial charge in [0.1, 0.15) is 5.41 Å². The monoisotopic (exact) mass is 370 g/mol. The van der Waals surface area contributed by atoms with E-state index in [2.05, 4.69) is 18.2 Å². The predicted molar refractivity (Wildman–Crippen MR) is 111 cm³/mol. The number of rotatable bonds is 4. The van der Waals surface area contributed by atoms with Gasteiger partial charge >= 0.3 is 5.97 Å². The van der Waals surface area contributed by atoms with Crippen LogP contribution in [0.3, 0.4) is 0 Å². The highest BCUT2D eigenvalue weighted by Crippen LogP contribution is 2.40. The molecule has 3 heteroatoms. The number of allylic oxidation sites excluding steroid dienone is 1. The molecule has 4 rings (SSSR count). The van der Waals surface area contributed by atoms with Gasteiger partial charge in [-0.3, -0.25) is 9.59 Å². The molecular formula is C25H22O3. The number of esters is 1. The number of hydrogen-bond donors (Lipinski definition) is 0. The molecule has 0 aliphatic heterocycles. The summed E-state index contributed by atoms with van der Waals surface area (Å²) in [6.45, 7) is 0. The van der Waals surface area contributed by atoms with Gasteiger partial charge in [0, 0.05) is 5.56 Å². The van der Waals surface area contributed by atoms with Gasteiger partial charge in [0.05, 0.1) is 7.11 Å². The number of hydrogen-bond acceptors (Lipinski definition) is 3. The summed E-state index contributed by atoms with van der Waals surface area (Å²) in [4.78, 5) is 25.9. The van der Waals surface area contributed by atoms with Crippen LogP contribution in [0.1, 0.15) is 34.3 Å². The lowest BCUT2D eigenvalue weighted by atomic mass is 9.68. The highest BCUT2D eigenvalue weighted by molar-refractivity contribution is 6.14. The summed E-state index contributed by atoms with van der Waals surface area (Å²) in [5, 5.41) is 2.31. The molecule has 1 aliphatic rings. The van der Waals surface area contributed by atoms with Gasteiger partial charge < -0.3 is 4.74 Å². The second-order valence-electron chi connectivity index (χ2n) is 7.23. The lowest BCUT2D eigenvalue weighted by Crippen LogP contribution is -2.43. The van der Waals surface area contributed by atoms with E-state index in [1.165, 1.54) is 7.11 Å². The normalized spacial score (nSPS) is 19.0. The molecule has 1 aliphatic carbocycles. The first-order chi connectivity index (χ1) is 13.7. The molecule has 3 nitrogen and oxygen atoms in total. The summed E-state index contributed by atoms with van der Waals surface area (Å²) >= 11 is 0. The third-order valence-corrected chi connectivity index (χ3v) is 5.68. The molecule has 0 amide bonds. The minimum Gasteiger partial charge on any atom is -0.468 e. The predicted octanol–water partition coefficient (Wildman–Crippen LogP) is 5.23. The number of ether oxygens (including phenoxy) is 1. The van der Waals surface area contributed by atoms with Crippen LogP contribution in [-0.2, 0) is 16.0 Å². The minimum absolute atomic E-state index is 0.135. The molecule has 0 bridgehead atoms. The van der Waals surface area contributed by atoms with E-state index in [0.717, 1.165) is 21.9 Å². The molecule has 0 fully saturated rings. The number of fused-ring (bicyclic) bond motifs is 2. The van der Waals surface area contributed by atoms with Crippen molar-refractivity contribution in [3.05, 3.63) is 89.5 Å². The minimum atomic E-state index is -1.15. The molecule has 1 atom stereocenters. The van der Waals surface area contributed by atoms with Crippen molar-refractivity contribution >= 4 is 28.6 Å². The lowest BCUT2D eigenvalue weighted by molar-refractivity contribution is -0.150. The van der Waals surface area contributed by atoms with Crippen LogP contribution in [0, 0.1) is 5.41 Å². The Morgan fingerprint density at radius 1 is 1.04 bits per heavy atom. The fourth-order valence-corrected chi connectivity index (χ4v) is 4.13. The van der Waals surface area contributed by atoms with Crippen molar-refractivity contribution in [3.8, 4) is 0 Å². The fourth-order valence-electron chi connectivity index (χ4n) is 4.13. The quantitative estimate of drug-likeness (QED) is 0.466. The van der Waals surface area contributed by atoms with Gasteiger partial charge in [0.2, 0.25) is 0 Å². The van der Waals surface area contributed by atoms with Gasteiger partial charge in [-0.2, -0.15) is 0 Å². The van der Waals surface area contributed by atoms with Crippen molar-refractivity contribution in [1.82, 2.24) is 0 Å². The summed E-state index contributed by atoms with van der Waals surface area (Å²) in [5.41, 5.74) is 1.56. The third kappa shape index (κ3) is 3.03. The molecule has 3 aromatic carbocycles. The molecule has 0 spiro atoms. The molecule has 0 radical (unpaired) electrons. The second-order valence-corrected chi connectivity index (χ2v) is 7.23. The van der Waals surface area contributed by atoms with Crippen LogP contribution < -0.4 is 0 Å². The number of ketones is 1. The Bertz CT molecular complexity index is 1070. The third-order valence-electron chi connectivity index (χ3n) is 5.68. The summed E-state index contributed by atoms with van der Waals surface area (Å²) in [5.74, 6) is -0.585. The molecule has 0 unspecified atom stereocenters. The Hall–Kier alpha value is -3.20. The van der Waals surface area contributed by atoms with Crippen LogP contribution in [0.2, 0.25) is 0 Å². The molecule has 0 saturated heterocycles. The van der Waals surface area contributed by atoms with Crippen molar-refractivity contribution < 1.29 is 14.3 Å². The zero-order valence-corrected chi connectivity index (χ0v) is 15.9. The first-order valence-electron chi connectivity index (χ1n) is 9.51. The first-order valence-corrected chi connectivity index (χ1v) is 9.51. The summed E-state index contributed by atoms with van der Waals surface area (Å²) in [7, 11) is 1.35. The molecule has 28 heavy (non-hydrogen) atoms. The lowest BCUT2D eigenvalue weighted by Gasteiger charge is -2.33. The van der Waals surface area contributed by atoms with E-state index in [0.29, 0.717) is 24.8 Å². The maximum atomic E-state index is 13.3. The van der Waals surface area contributed by atoms with E-state index in [-0.39, 0.29) is 5.78 Å². The van der Waals surface area contributed by atoms with Gasteiger partial charge in [0.15, 0.2) is 5.78 Å². The van der Waals surface area contributed by atoms with Crippen molar-refractivity contribution in [1.29, 1.82) is 0 Å². The number of aryl methyl sites for hydroxylation is 1. The van der Waals surface area contributed by atoms with Gasteiger partial charge in [-0.05, 0) is 41.2 Å². The maximum Gasteiger partial charge on any atom is 0.320 e. The Kier molecular flexibility index (Phi) is 4.82. The van der Waals surface area contributed by atoms with E-state index in [1.807, 2.05) is 60.7 Å². The number of Topliss-reactive ketones (excluding diaryl/α,β-unsaturated/α-hetero) is 1.